The van der Waals surface area contributed by atoms with Gasteiger partial charge in [0.05, 0.1) is 16.1 Å². The van der Waals surface area contributed by atoms with E-state index in [0.717, 1.165) is 5.56 Å². The van der Waals surface area contributed by atoms with Crippen LogP contribution in [0, 0.1) is 13.8 Å². The molecule has 1 atom stereocenters. The molecule has 0 spiro atoms. The molecule has 0 fully saturated rings. The van der Waals surface area contributed by atoms with E-state index in [1.807, 2.05) is 19.2 Å². The highest BCUT2D eigenvalue weighted by Crippen LogP contribution is 2.33. The second-order valence-electron chi connectivity index (χ2n) is 4.71. The predicted octanol–water partition coefficient (Wildman–Crippen LogP) is 4.92. The first-order chi connectivity index (χ1) is 9.04. The van der Waals surface area contributed by atoms with Crippen molar-refractivity contribution in [3.05, 3.63) is 68.7 Å². The van der Waals surface area contributed by atoms with Gasteiger partial charge in [-0.3, -0.25) is 0 Å². The van der Waals surface area contributed by atoms with Gasteiger partial charge in [0.15, 0.2) is 0 Å². The fourth-order valence-corrected chi connectivity index (χ4v) is 2.61. The first kappa shape index (κ1) is 14.4. The van der Waals surface area contributed by atoms with E-state index in [0.29, 0.717) is 10.0 Å². The van der Waals surface area contributed by atoms with Crippen LogP contribution in [0.2, 0.25) is 10.0 Å². The molecule has 2 rings (SSSR count). The molecular weight excluding hydrogens is 277 g/mol. The molecule has 0 aliphatic heterocycles. The van der Waals surface area contributed by atoms with Gasteiger partial charge in [-0.15, -0.1) is 0 Å². The van der Waals surface area contributed by atoms with Crippen LogP contribution in [0.4, 0.5) is 0 Å². The summed E-state index contributed by atoms with van der Waals surface area (Å²) in [5.41, 5.74) is 4.75. The molecule has 0 aromatic heterocycles. The molecule has 19 heavy (non-hydrogen) atoms. The molecule has 1 nitrogen and oxygen atoms in total. The summed E-state index contributed by atoms with van der Waals surface area (Å²) in [5.74, 6) is 0. The Bertz CT molecular complexity index is 593. The summed E-state index contributed by atoms with van der Waals surface area (Å²) in [4.78, 5) is 0. The van der Waals surface area contributed by atoms with Crippen molar-refractivity contribution in [1.82, 2.24) is 5.32 Å². The summed E-state index contributed by atoms with van der Waals surface area (Å²) in [6.45, 7) is 4.23. The van der Waals surface area contributed by atoms with Crippen molar-refractivity contribution >= 4 is 23.2 Å². The molecule has 1 N–H and O–H groups in total. The molecule has 0 saturated carbocycles. The molecule has 1 unspecified atom stereocenters. The molecule has 0 aliphatic rings. The smallest absolute Gasteiger partial charge is 0.0643 e. The zero-order valence-electron chi connectivity index (χ0n) is 11.3. The van der Waals surface area contributed by atoms with E-state index < -0.39 is 0 Å². The normalized spacial score (nSPS) is 12.5. The number of halogens is 2. The lowest BCUT2D eigenvalue weighted by atomic mass is 9.96. The molecule has 0 heterocycles. The largest absolute Gasteiger partial charge is 0.309 e. The third kappa shape index (κ3) is 2.94. The number of benzene rings is 2. The Morgan fingerprint density at radius 1 is 1.00 bits per heavy atom. The van der Waals surface area contributed by atoms with Gasteiger partial charge in [-0.2, -0.15) is 0 Å². The fraction of sp³-hybridized carbons (Fsp3) is 0.250. The van der Waals surface area contributed by atoms with Crippen molar-refractivity contribution in [2.45, 2.75) is 19.9 Å². The molecule has 3 heteroatoms. The van der Waals surface area contributed by atoms with Gasteiger partial charge in [0, 0.05) is 0 Å². The van der Waals surface area contributed by atoms with E-state index in [9.17, 15) is 0 Å². The molecule has 0 aliphatic carbocycles. The van der Waals surface area contributed by atoms with Gasteiger partial charge in [-0.1, -0.05) is 53.5 Å². The number of hydrogen-bond acceptors (Lipinski definition) is 1. The zero-order chi connectivity index (χ0) is 14.0. The lowest BCUT2D eigenvalue weighted by Gasteiger charge is -2.20. The van der Waals surface area contributed by atoms with Crippen molar-refractivity contribution < 1.29 is 0 Å². The third-order valence-electron chi connectivity index (χ3n) is 3.45. The minimum atomic E-state index is 0.0468. The summed E-state index contributed by atoms with van der Waals surface area (Å²) in [7, 11) is 1.93. The molecule has 2 aromatic carbocycles. The molecular formula is C16H17Cl2N. The second kappa shape index (κ2) is 5.96. The standard InChI is InChI=1S/C16H17Cl2N/c1-10-7-8-12(9-11(10)2)16(19-3)13-5-4-6-14(17)15(13)18/h4-9,16,19H,1-3H3. The van der Waals surface area contributed by atoms with Crippen LogP contribution in [0.15, 0.2) is 36.4 Å². The van der Waals surface area contributed by atoms with Gasteiger partial charge in [0.25, 0.3) is 0 Å². The predicted molar refractivity (Wildman–Crippen MR) is 83.3 cm³/mol. The van der Waals surface area contributed by atoms with E-state index in [4.69, 9.17) is 23.2 Å². The van der Waals surface area contributed by atoms with Gasteiger partial charge in [-0.05, 0) is 49.2 Å². The first-order valence-electron chi connectivity index (χ1n) is 6.23. The number of hydrogen-bond donors (Lipinski definition) is 1. The van der Waals surface area contributed by atoms with Crippen LogP contribution < -0.4 is 5.32 Å². The first-order valence-corrected chi connectivity index (χ1v) is 6.98. The Balaban J connectivity index is 2.50. The van der Waals surface area contributed by atoms with Crippen LogP contribution >= 0.6 is 23.2 Å². The van der Waals surface area contributed by atoms with Crippen LogP contribution in [-0.2, 0) is 0 Å². The van der Waals surface area contributed by atoms with E-state index >= 15 is 0 Å². The molecule has 2 aromatic rings. The van der Waals surface area contributed by atoms with Crippen molar-refractivity contribution in [2.75, 3.05) is 7.05 Å². The average Bonchev–Trinajstić information content (AvgIpc) is 2.39. The van der Waals surface area contributed by atoms with Crippen LogP contribution in [0.1, 0.15) is 28.3 Å². The van der Waals surface area contributed by atoms with Gasteiger partial charge in [-0.25, -0.2) is 0 Å². The number of aryl methyl sites for hydroxylation is 2. The van der Waals surface area contributed by atoms with E-state index in [1.165, 1.54) is 16.7 Å². The summed E-state index contributed by atoms with van der Waals surface area (Å²) >= 11 is 12.4. The highest BCUT2D eigenvalue weighted by molar-refractivity contribution is 6.42. The lowest BCUT2D eigenvalue weighted by Crippen LogP contribution is -2.18. The quantitative estimate of drug-likeness (QED) is 0.847. The van der Waals surface area contributed by atoms with Gasteiger partial charge < -0.3 is 5.32 Å². The highest BCUT2D eigenvalue weighted by Gasteiger charge is 2.16. The van der Waals surface area contributed by atoms with E-state index in [-0.39, 0.29) is 6.04 Å². The van der Waals surface area contributed by atoms with Crippen molar-refractivity contribution in [2.24, 2.45) is 0 Å². The Hall–Kier alpha value is -1.02. The topological polar surface area (TPSA) is 12.0 Å². The Labute approximate surface area is 124 Å². The molecule has 0 amide bonds. The highest BCUT2D eigenvalue weighted by atomic mass is 35.5. The summed E-state index contributed by atoms with van der Waals surface area (Å²) in [5, 5.41) is 4.51. The zero-order valence-corrected chi connectivity index (χ0v) is 12.8. The van der Waals surface area contributed by atoms with E-state index in [1.54, 1.807) is 6.07 Å². The summed E-state index contributed by atoms with van der Waals surface area (Å²) < 4.78 is 0. The lowest BCUT2D eigenvalue weighted by molar-refractivity contribution is 0.691. The maximum Gasteiger partial charge on any atom is 0.0643 e. The maximum absolute atomic E-state index is 6.32. The monoisotopic (exact) mass is 293 g/mol. The number of rotatable bonds is 3. The van der Waals surface area contributed by atoms with Gasteiger partial charge in [0.2, 0.25) is 0 Å². The Morgan fingerprint density at radius 3 is 2.37 bits per heavy atom. The second-order valence-corrected chi connectivity index (χ2v) is 5.49. The third-order valence-corrected chi connectivity index (χ3v) is 4.28. The minimum absolute atomic E-state index is 0.0468. The van der Waals surface area contributed by atoms with Crippen molar-refractivity contribution in [3.63, 3.8) is 0 Å². The number of nitrogens with one attached hydrogen (secondary N) is 1. The molecule has 0 saturated heterocycles. The van der Waals surface area contributed by atoms with Crippen LogP contribution in [0.25, 0.3) is 0 Å². The maximum atomic E-state index is 6.32. The van der Waals surface area contributed by atoms with Crippen LogP contribution in [0.5, 0.6) is 0 Å². The van der Waals surface area contributed by atoms with Crippen LogP contribution in [0.3, 0.4) is 0 Å². The van der Waals surface area contributed by atoms with Crippen LogP contribution in [-0.4, -0.2) is 7.05 Å². The van der Waals surface area contributed by atoms with Gasteiger partial charge >= 0.3 is 0 Å². The van der Waals surface area contributed by atoms with Crippen molar-refractivity contribution in [3.8, 4) is 0 Å². The Kier molecular flexibility index (Phi) is 4.51. The molecule has 0 radical (unpaired) electrons. The summed E-state index contributed by atoms with van der Waals surface area (Å²) in [6, 6.07) is 12.2. The minimum Gasteiger partial charge on any atom is -0.309 e. The molecule has 0 bridgehead atoms. The Morgan fingerprint density at radius 2 is 1.74 bits per heavy atom. The molecule has 100 valence electrons. The summed E-state index contributed by atoms with van der Waals surface area (Å²) in [6.07, 6.45) is 0. The van der Waals surface area contributed by atoms with E-state index in [2.05, 4.69) is 37.4 Å². The average molecular weight is 294 g/mol. The van der Waals surface area contributed by atoms with Gasteiger partial charge in [0.1, 0.15) is 0 Å². The fourth-order valence-electron chi connectivity index (χ4n) is 2.19. The SMILES string of the molecule is CNC(c1ccc(C)c(C)c1)c1cccc(Cl)c1Cl. The van der Waals surface area contributed by atoms with Crippen molar-refractivity contribution in [1.29, 1.82) is 0 Å².